The first-order valence-electron chi connectivity index (χ1n) is 10.1. The summed E-state index contributed by atoms with van der Waals surface area (Å²) in [7, 11) is 4.74. The average molecular weight is 462 g/mol. The van der Waals surface area contributed by atoms with Gasteiger partial charge in [0.2, 0.25) is 5.75 Å². The molecule has 0 aliphatic carbocycles. The van der Waals surface area contributed by atoms with E-state index < -0.39 is 6.10 Å². The first-order valence-corrected chi connectivity index (χ1v) is 10.5. The Kier molecular flexibility index (Phi) is 8.67. The monoisotopic (exact) mass is 461 g/mol. The molecule has 0 aliphatic rings. The summed E-state index contributed by atoms with van der Waals surface area (Å²) in [5.74, 6) is 3.13. The van der Waals surface area contributed by atoms with E-state index in [1.807, 2.05) is 24.3 Å². The molecule has 8 heteroatoms. The van der Waals surface area contributed by atoms with Crippen molar-refractivity contribution >= 4 is 11.6 Å². The normalized spacial score (nSPS) is 11.9. The summed E-state index contributed by atoms with van der Waals surface area (Å²) in [5, 5.41) is 11.3. The third kappa shape index (κ3) is 6.56. The van der Waals surface area contributed by atoms with Gasteiger partial charge in [0.15, 0.2) is 11.5 Å². The molecule has 1 aromatic heterocycles. The molecule has 1 unspecified atom stereocenters. The molecule has 0 aliphatic heterocycles. The number of nitrogens with zero attached hydrogens (tertiary/aromatic N) is 1. The maximum absolute atomic E-state index is 10.6. The molecule has 0 amide bonds. The van der Waals surface area contributed by atoms with E-state index in [9.17, 15) is 5.11 Å². The molecule has 7 nitrogen and oxygen atoms in total. The highest BCUT2D eigenvalue weighted by atomic mass is 35.5. The summed E-state index contributed by atoms with van der Waals surface area (Å²) in [6.07, 6.45) is 0.912. The van der Waals surface area contributed by atoms with E-state index in [4.69, 9.17) is 35.0 Å². The van der Waals surface area contributed by atoms with Gasteiger partial charge in [0.05, 0.1) is 34.1 Å². The highest BCUT2D eigenvalue weighted by Crippen LogP contribution is 2.38. The van der Waals surface area contributed by atoms with Crippen molar-refractivity contribution in [3.8, 4) is 23.0 Å². The van der Waals surface area contributed by atoms with Crippen molar-refractivity contribution in [3.63, 3.8) is 0 Å². The lowest BCUT2D eigenvalue weighted by Crippen LogP contribution is -2.35. The minimum Gasteiger partial charge on any atom is -0.493 e. The molecule has 0 saturated carbocycles. The topological polar surface area (TPSA) is 73.5 Å². The van der Waals surface area contributed by atoms with Crippen LogP contribution in [0.4, 0.5) is 0 Å². The van der Waals surface area contributed by atoms with Crippen molar-refractivity contribution in [2.45, 2.75) is 19.2 Å². The van der Waals surface area contributed by atoms with Gasteiger partial charge in [-0.05, 0) is 54.1 Å². The van der Waals surface area contributed by atoms with Crippen molar-refractivity contribution in [3.05, 3.63) is 71.1 Å². The predicted molar refractivity (Wildman–Crippen MR) is 122 cm³/mol. The van der Waals surface area contributed by atoms with Crippen LogP contribution in [0.15, 0.2) is 59.2 Å². The van der Waals surface area contributed by atoms with E-state index >= 15 is 0 Å². The maximum Gasteiger partial charge on any atom is 0.203 e. The number of furan rings is 1. The van der Waals surface area contributed by atoms with Gasteiger partial charge in [0.25, 0.3) is 0 Å². The molecule has 0 bridgehead atoms. The van der Waals surface area contributed by atoms with Gasteiger partial charge in [-0.1, -0.05) is 11.6 Å². The third-order valence-electron chi connectivity index (χ3n) is 4.82. The molecule has 1 heterocycles. The number of methoxy groups -OCH3 is 3. The number of halogens is 1. The van der Waals surface area contributed by atoms with Crippen molar-refractivity contribution in [1.82, 2.24) is 4.90 Å². The van der Waals surface area contributed by atoms with Crippen LogP contribution in [0.5, 0.6) is 23.0 Å². The highest BCUT2D eigenvalue weighted by Gasteiger charge is 2.18. The van der Waals surface area contributed by atoms with Crippen LogP contribution in [0.3, 0.4) is 0 Å². The van der Waals surface area contributed by atoms with Crippen LogP contribution >= 0.6 is 11.6 Å². The first kappa shape index (κ1) is 23.8. The summed E-state index contributed by atoms with van der Waals surface area (Å²) in [4.78, 5) is 2.06. The van der Waals surface area contributed by atoms with Gasteiger partial charge in [-0.15, -0.1) is 0 Å². The smallest absolute Gasteiger partial charge is 0.203 e. The molecule has 3 aromatic rings. The Balaban J connectivity index is 1.72. The minimum absolute atomic E-state index is 0.144. The zero-order valence-corrected chi connectivity index (χ0v) is 19.2. The molecule has 1 atom stereocenters. The Bertz CT molecular complexity index is 936. The quantitative estimate of drug-likeness (QED) is 0.428. The first-order chi connectivity index (χ1) is 15.5. The fourth-order valence-electron chi connectivity index (χ4n) is 3.37. The van der Waals surface area contributed by atoms with Crippen molar-refractivity contribution in [2.75, 3.05) is 34.5 Å². The van der Waals surface area contributed by atoms with Crippen LogP contribution in [-0.2, 0) is 13.1 Å². The number of hydrogen-bond acceptors (Lipinski definition) is 7. The van der Waals surface area contributed by atoms with E-state index in [0.717, 1.165) is 11.3 Å². The van der Waals surface area contributed by atoms with Gasteiger partial charge in [0, 0.05) is 18.1 Å². The maximum atomic E-state index is 10.6. The minimum atomic E-state index is -0.720. The van der Waals surface area contributed by atoms with Gasteiger partial charge in [-0.3, -0.25) is 4.90 Å². The van der Waals surface area contributed by atoms with Gasteiger partial charge in [-0.2, -0.15) is 0 Å². The molecule has 0 radical (unpaired) electrons. The molecular weight excluding hydrogens is 434 g/mol. The molecule has 2 aromatic carbocycles. The summed E-state index contributed by atoms with van der Waals surface area (Å²) in [5.41, 5.74) is 0.942. The lowest BCUT2D eigenvalue weighted by molar-refractivity contribution is 0.0604. The predicted octanol–water partition coefficient (Wildman–Crippen LogP) is 4.40. The Labute approximate surface area is 193 Å². The summed E-state index contributed by atoms with van der Waals surface area (Å²) in [6, 6.07) is 14.6. The molecule has 3 rings (SSSR count). The van der Waals surface area contributed by atoms with Crippen LogP contribution in [0, 0.1) is 0 Å². The van der Waals surface area contributed by atoms with Gasteiger partial charge in [-0.25, -0.2) is 0 Å². The number of aliphatic hydroxyl groups is 1. The van der Waals surface area contributed by atoms with Crippen LogP contribution in [0.25, 0.3) is 0 Å². The Morgan fingerprint density at radius 2 is 1.66 bits per heavy atom. The lowest BCUT2D eigenvalue weighted by Gasteiger charge is -2.25. The van der Waals surface area contributed by atoms with E-state index in [2.05, 4.69) is 4.90 Å². The summed E-state index contributed by atoms with van der Waals surface area (Å²) < 4.78 is 27.5. The molecule has 0 saturated heterocycles. The van der Waals surface area contributed by atoms with Crippen molar-refractivity contribution in [1.29, 1.82) is 0 Å². The zero-order valence-electron chi connectivity index (χ0n) is 18.4. The van der Waals surface area contributed by atoms with E-state index in [1.54, 1.807) is 51.9 Å². The van der Waals surface area contributed by atoms with Gasteiger partial charge >= 0.3 is 0 Å². The molecule has 32 heavy (non-hydrogen) atoms. The number of benzene rings is 2. The average Bonchev–Trinajstić information content (AvgIpc) is 3.31. The third-order valence-corrected chi connectivity index (χ3v) is 5.07. The number of rotatable bonds is 12. The highest BCUT2D eigenvalue weighted by molar-refractivity contribution is 6.30. The second kappa shape index (κ2) is 11.7. The molecule has 1 N–H and O–H groups in total. The molecule has 0 spiro atoms. The fraction of sp³-hybridized carbons (Fsp3) is 0.333. The molecule has 172 valence electrons. The van der Waals surface area contributed by atoms with Crippen molar-refractivity contribution < 1.29 is 28.5 Å². The fourth-order valence-corrected chi connectivity index (χ4v) is 3.49. The standard InChI is InChI=1S/C24H28ClNO6/c1-28-22-11-17(12-23(29-2)24(22)30-3)13-26(15-21-5-4-10-31-21)14-19(27)16-32-20-8-6-18(25)7-9-20/h4-12,19,27H,13-16H2,1-3H3. The lowest BCUT2D eigenvalue weighted by atomic mass is 10.1. The summed E-state index contributed by atoms with van der Waals surface area (Å²) in [6.45, 7) is 1.55. The van der Waals surface area contributed by atoms with E-state index in [-0.39, 0.29) is 6.61 Å². The van der Waals surface area contributed by atoms with Crippen LogP contribution < -0.4 is 18.9 Å². The van der Waals surface area contributed by atoms with Crippen LogP contribution in [0.2, 0.25) is 5.02 Å². The van der Waals surface area contributed by atoms with Crippen LogP contribution in [0.1, 0.15) is 11.3 Å². The Morgan fingerprint density at radius 3 is 2.22 bits per heavy atom. The van der Waals surface area contributed by atoms with Gasteiger partial charge < -0.3 is 28.5 Å². The van der Waals surface area contributed by atoms with E-state index in [0.29, 0.717) is 47.7 Å². The molecular formula is C24H28ClNO6. The number of aliphatic hydroxyl groups excluding tert-OH is 1. The Morgan fingerprint density at radius 1 is 0.969 bits per heavy atom. The zero-order chi connectivity index (χ0) is 22.9. The Hall–Kier alpha value is -2.87. The number of ether oxygens (including phenoxy) is 4. The number of hydrogen-bond donors (Lipinski definition) is 1. The largest absolute Gasteiger partial charge is 0.493 e. The van der Waals surface area contributed by atoms with Crippen LogP contribution in [-0.4, -0.2) is 50.6 Å². The van der Waals surface area contributed by atoms with E-state index in [1.165, 1.54) is 0 Å². The summed E-state index contributed by atoms with van der Waals surface area (Å²) >= 11 is 5.90. The second-order valence-corrected chi connectivity index (χ2v) is 7.64. The second-order valence-electron chi connectivity index (χ2n) is 7.20. The van der Waals surface area contributed by atoms with Crippen molar-refractivity contribution in [2.24, 2.45) is 0 Å². The molecule has 0 fully saturated rings. The SMILES string of the molecule is COc1cc(CN(Cc2ccco2)CC(O)COc2ccc(Cl)cc2)cc(OC)c1OC. The van der Waals surface area contributed by atoms with Gasteiger partial charge in [0.1, 0.15) is 24.2 Å².